The molecule has 0 unspecified atom stereocenters. The molecular formula is C28H26O6S2. The number of aromatic hydroxyl groups is 2. The lowest BCUT2D eigenvalue weighted by atomic mass is 9.93. The number of rotatable bonds is 10. The van der Waals surface area contributed by atoms with E-state index in [1.54, 1.807) is 24.3 Å². The lowest BCUT2D eigenvalue weighted by Gasteiger charge is -2.19. The Morgan fingerprint density at radius 3 is 1.81 bits per heavy atom. The number of fused-ring (bicyclic) bond motifs is 1. The van der Waals surface area contributed by atoms with Crippen LogP contribution in [0.1, 0.15) is 47.4 Å². The Labute approximate surface area is 218 Å². The normalized spacial score (nSPS) is 12.8. The maximum absolute atomic E-state index is 13.2. The van der Waals surface area contributed by atoms with Crippen molar-refractivity contribution in [3.8, 4) is 23.0 Å². The molecule has 0 spiro atoms. The van der Waals surface area contributed by atoms with Gasteiger partial charge in [-0.1, -0.05) is 37.4 Å². The second-order valence-electron chi connectivity index (χ2n) is 8.04. The topological polar surface area (TPSA) is 93.1 Å². The number of allylic oxidation sites excluding steroid dienone is 2. The standard InChI is InChI=1S/C28H26O6S2/c1-3-13-33-17-5-9-19(10-6-17)35-23-15-21(29)26-25(27(23)31)22(30)16-24(28(26)32)36-20-11-7-18(8-12-20)34-14-4-2/h5-12,15-16,29,31H,3-4,13-14H2,1-2H3. The summed E-state index contributed by atoms with van der Waals surface area (Å²) in [5.74, 6) is -0.257. The first kappa shape index (κ1) is 25.7. The van der Waals surface area contributed by atoms with E-state index in [-0.39, 0.29) is 32.4 Å². The molecule has 8 heteroatoms. The molecule has 2 N–H and O–H groups in total. The molecule has 3 aromatic rings. The van der Waals surface area contributed by atoms with Crippen molar-refractivity contribution in [3.63, 3.8) is 0 Å². The van der Waals surface area contributed by atoms with Crippen LogP contribution in [0.25, 0.3) is 0 Å². The number of ether oxygens (including phenoxy) is 2. The van der Waals surface area contributed by atoms with Crippen molar-refractivity contribution >= 4 is 35.1 Å². The van der Waals surface area contributed by atoms with Gasteiger partial charge in [0.25, 0.3) is 0 Å². The molecule has 1 aliphatic rings. The van der Waals surface area contributed by atoms with E-state index < -0.39 is 11.6 Å². The zero-order valence-electron chi connectivity index (χ0n) is 19.9. The molecule has 0 fully saturated rings. The highest BCUT2D eigenvalue weighted by Gasteiger charge is 2.33. The van der Waals surface area contributed by atoms with Gasteiger partial charge in [-0.3, -0.25) is 9.59 Å². The predicted octanol–water partition coefficient (Wildman–Crippen LogP) is 6.88. The summed E-state index contributed by atoms with van der Waals surface area (Å²) in [6.45, 7) is 5.29. The Bertz CT molecular complexity index is 1300. The average Bonchev–Trinajstić information content (AvgIpc) is 2.88. The fourth-order valence-corrected chi connectivity index (χ4v) is 5.32. The molecule has 0 aliphatic heterocycles. The summed E-state index contributed by atoms with van der Waals surface area (Å²) >= 11 is 2.31. The molecule has 0 heterocycles. The summed E-state index contributed by atoms with van der Waals surface area (Å²) in [7, 11) is 0. The average molecular weight is 523 g/mol. The first-order chi connectivity index (χ1) is 17.4. The van der Waals surface area contributed by atoms with Crippen LogP contribution in [0.4, 0.5) is 0 Å². The van der Waals surface area contributed by atoms with Gasteiger partial charge in [-0.15, -0.1) is 0 Å². The van der Waals surface area contributed by atoms with Gasteiger partial charge in [0.15, 0.2) is 5.78 Å². The van der Waals surface area contributed by atoms with Crippen LogP contribution in [0.15, 0.2) is 80.3 Å². The Morgan fingerprint density at radius 1 is 0.750 bits per heavy atom. The van der Waals surface area contributed by atoms with Crippen LogP contribution >= 0.6 is 23.5 Å². The number of carbonyl (C=O) groups excluding carboxylic acids is 2. The lowest BCUT2D eigenvalue weighted by molar-refractivity contribution is 0.0986. The summed E-state index contributed by atoms with van der Waals surface area (Å²) < 4.78 is 11.2. The number of carbonyl (C=O) groups is 2. The van der Waals surface area contributed by atoms with Crippen LogP contribution in [0, 0.1) is 0 Å². The van der Waals surface area contributed by atoms with Crippen molar-refractivity contribution < 1.29 is 29.3 Å². The summed E-state index contributed by atoms with van der Waals surface area (Å²) in [5, 5.41) is 21.6. The first-order valence-corrected chi connectivity index (χ1v) is 13.3. The minimum atomic E-state index is -0.534. The van der Waals surface area contributed by atoms with Crippen molar-refractivity contribution in [2.24, 2.45) is 0 Å². The van der Waals surface area contributed by atoms with E-state index in [0.29, 0.717) is 13.2 Å². The highest BCUT2D eigenvalue weighted by atomic mass is 32.2. The molecule has 1 aliphatic carbocycles. The Balaban J connectivity index is 1.55. The first-order valence-electron chi connectivity index (χ1n) is 11.6. The Hall–Kier alpha value is -3.36. The van der Waals surface area contributed by atoms with Gasteiger partial charge < -0.3 is 19.7 Å². The van der Waals surface area contributed by atoms with Crippen LogP contribution < -0.4 is 9.47 Å². The van der Waals surface area contributed by atoms with Gasteiger partial charge in [-0.25, -0.2) is 0 Å². The minimum Gasteiger partial charge on any atom is -0.507 e. The number of hydrogen-bond acceptors (Lipinski definition) is 8. The lowest BCUT2D eigenvalue weighted by Crippen LogP contribution is -2.16. The van der Waals surface area contributed by atoms with Gasteiger partial charge in [0.1, 0.15) is 23.0 Å². The van der Waals surface area contributed by atoms with Crippen molar-refractivity contribution in [1.29, 1.82) is 0 Å². The zero-order chi connectivity index (χ0) is 25.7. The van der Waals surface area contributed by atoms with E-state index >= 15 is 0 Å². The van der Waals surface area contributed by atoms with Gasteiger partial charge in [0, 0.05) is 15.9 Å². The molecule has 3 aromatic carbocycles. The minimum absolute atomic E-state index is 0.174. The second kappa shape index (κ2) is 11.6. The third-order valence-electron chi connectivity index (χ3n) is 5.25. The molecule has 0 aromatic heterocycles. The van der Waals surface area contributed by atoms with Gasteiger partial charge >= 0.3 is 0 Å². The molecule has 0 atom stereocenters. The van der Waals surface area contributed by atoms with E-state index in [1.807, 2.05) is 38.1 Å². The number of hydrogen-bond donors (Lipinski definition) is 2. The van der Waals surface area contributed by atoms with Crippen molar-refractivity contribution in [1.82, 2.24) is 0 Å². The monoisotopic (exact) mass is 522 g/mol. The zero-order valence-corrected chi connectivity index (χ0v) is 21.6. The predicted molar refractivity (Wildman–Crippen MR) is 141 cm³/mol. The van der Waals surface area contributed by atoms with Gasteiger partial charge in [-0.2, -0.15) is 0 Å². The summed E-state index contributed by atoms with van der Waals surface area (Å²) in [4.78, 5) is 28.1. The third-order valence-corrected chi connectivity index (χ3v) is 7.32. The Morgan fingerprint density at radius 2 is 1.28 bits per heavy atom. The molecule has 36 heavy (non-hydrogen) atoms. The molecule has 186 valence electrons. The summed E-state index contributed by atoms with van der Waals surface area (Å²) in [6, 6.07) is 15.8. The second-order valence-corrected chi connectivity index (χ2v) is 10.3. The van der Waals surface area contributed by atoms with Crippen LogP contribution in [-0.2, 0) is 0 Å². The smallest absolute Gasteiger partial charge is 0.204 e. The largest absolute Gasteiger partial charge is 0.507 e. The van der Waals surface area contributed by atoms with Crippen molar-refractivity contribution in [2.45, 2.75) is 41.4 Å². The number of Topliss-reactive ketones (excluding diaryl/α,β-unsaturated/α-hetero) is 1. The Kier molecular flexibility index (Phi) is 8.28. The van der Waals surface area contributed by atoms with Gasteiger partial charge in [-0.05, 0) is 67.4 Å². The van der Waals surface area contributed by atoms with E-state index in [2.05, 4.69) is 0 Å². The number of benzene rings is 3. The number of phenolic OH excluding ortho intramolecular Hbond substituents is 2. The SMILES string of the molecule is CCCOc1ccc(SC2=CC(=O)c3c(O)c(Sc4ccc(OCCC)cc4)cc(O)c3C2=O)cc1. The quantitative estimate of drug-likeness (QED) is 0.278. The van der Waals surface area contributed by atoms with Gasteiger partial charge in [0.2, 0.25) is 5.78 Å². The molecular weight excluding hydrogens is 496 g/mol. The summed E-state index contributed by atoms with van der Waals surface area (Å²) in [6.07, 6.45) is 3.01. The van der Waals surface area contributed by atoms with E-state index in [9.17, 15) is 19.8 Å². The maximum Gasteiger partial charge on any atom is 0.204 e. The van der Waals surface area contributed by atoms with Crippen LogP contribution in [0.5, 0.6) is 23.0 Å². The van der Waals surface area contributed by atoms with Crippen LogP contribution in [0.3, 0.4) is 0 Å². The maximum atomic E-state index is 13.2. The van der Waals surface area contributed by atoms with Crippen LogP contribution in [-0.4, -0.2) is 35.0 Å². The fraction of sp³-hybridized carbons (Fsp3) is 0.214. The van der Waals surface area contributed by atoms with E-state index in [1.165, 1.54) is 23.9 Å². The number of phenols is 2. The van der Waals surface area contributed by atoms with Gasteiger partial charge in [0.05, 0.1) is 34.1 Å². The molecule has 0 bridgehead atoms. The molecule has 0 amide bonds. The highest BCUT2D eigenvalue weighted by molar-refractivity contribution is 8.04. The van der Waals surface area contributed by atoms with Crippen LogP contribution in [0.2, 0.25) is 0 Å². The summed E-state index contributed by atoms with van der Waals surface area (Å²) in [5.41, 5.74) is -0.365. The highest BCUT2D eigenvalue weighted by Crippen LogP contribution is 2.46. The molecule has 4 rings (SSSR count). The molecule has 0 saturated heterocycles. The fourth-order valence-electron chi connectivity index (χ4n) is 3.54. The molecule has 0 saturated carbocycles. The molecule has 6 nitrogen and oxygen atoms in total. The van der Waals surface area contributed by atoms with Crippen molar-refractivity contribution in [3.05, 3.63) is 76.7 Å². The van der Waals surface area contributed by atoms with E-state index in [4.69, 9.17) is 9.47 Å². The number of thioether (sulfide) groups is 1. The van der Waals surface area contributed by atoms with E-state index in [0.717, 1.165) is 45.9 Å². The third kappa shape index (κ3) is 5.71. The number of ketones is 2. The molecule has 0 radical (unpaired) electrons. The van der Waals surface area contributed by atoms with Crippen molar-refractivity contribution in [2.75, 3.05) is 13.2 Å².